The van der Waals surface area contributed by atoms with E-state index in [9.17, 15) is 9.59 Å². The molecule has 46 heavy (non-hydrogen) atoms. The first-order valence-corrected chi connectivity index (χ1v) is 16.4. The van der Waals surface area contributed by atoms with E-state index in [1.54, 1.807) is 6.20 Å². The topological polar surface area (TPSA) is 120 Å². The highest BCUT2D eigenvalue weighted by atomic mass is 35.5. The maximum Gasteiger partial charge on any atom is 0.271 e. The Bertz CT molecular complexity index is 1470. The van der Waals surface area contributed by atoms with E-state index in [2.05, 4.69) is 49.7 Å². The predicted octanol–water partition coefficient (Wildman–Crippen LogP) is 5.33. The van der Waals surface area contributed by atoms with E-state index >= 15 is 0 Å². The number of piperidine rings is 2. The van der Waals surface area contributed by atoms with E-state index in [-0.39, 0.29) is 30.0 Å². The lowest BCUT2D eigenvalue weighted by Crippen LogP contribution is -2.48. The molecule has 3 heterocycles. The molecule has 1 saturated carbocycles. The minimum atomic E-state index is -0.633. The average molecular weight is 647 g/mol. The van der Waals surface area contributed by atoms with Crippen LogP contribution < -0.4 is 26.2 Å². The molecule has 6 rings (SSSR count). The number of nitrogens with two attached hydrogens (primary N) is 1. The first-order chi connectivity index (χ1) is 21.8. The number of nitrogens with zero attached hydrogens (tertiary/aromatic N) is 5. The number of benzene rings is 2. The summed E-state index contributed by atoms with van der Waals surface area (Å²) in [6, 6.07) is 16.8. The monoisotopic (exact) mass is 646 g/mol. The van der Waals surface area contributed by atoms with Crippen molar-refractivity contribution >= 4 is 47.2 Å². The summed E-state index contributed by atoms with van der Waals surface area (Å²) in [5.74, 6) is 0.830. The summed E-state index contributed by atoms with van der Waals surface area (Å²) >= 11 is 0. The Morgan fingerprint density at radius 3 is 2.24 bits per heavy atom. The normalized spacial score (nSPS) is 19.3. The molecule has 1 aliphatic carbocycles. The SMILES string of the molecule is CN(C)c1ccc(C(=O)N[C@@H]2CCCN(c3cnc(C(N)=O)c(Nc4ccc(C5CCN(C6CCCC6)CC5)cc4)n3)C2)cc1.Cl. The summed E-state index contributed by atoms with van der Waals surface area (Å²) in [6.07, 6.45) is 11.3. The number of carbonyl (C=O) groups excluding carboxylic acids is 2. The van der Waals surface area contributed by atoms with Gasteiger partial charge in [-0.2, -0.15) is 0 Å². The predicted molar refractivity (Wildman–Crippen MR) is 187 cm³/mol. The van der Waals surface area contributed by atoms with Gasteiger partial charge in [-0.25, -0.2) is 9.97 Å². The van der Waals surface area contributed by atoms with Crippen molar-refractivity contribution in [2.75, 3.05) is 55.4 Å². The van der Waals surface area contributed by atoms with Gasteiger partial charge in [0.25, 0.3) is 11.8 Å². The Kier molecular flexibility index (Phi) is 11.0. The molecular formula is C35H47ClN8O2. The van der Waals surface area contributed by atoms with E-state index in [1.807, 2.05) is 43.3 Å². The summed E-state index contributed by atoms with van der Waals surface area (Å²) in [6.45, 7) is 3.75. The molecule has 4 N–H and O–H groups in total. The van der Waals surface area contributed by atoms with Crippen molar-refractivity contribution < 1.29 is 9.59 Å². The van der Waals surface area contributed by atoms with Crippen molar-refractivity contribution in [3.63, 3.8) is 0 Å². The van der Waals surface area contributed by atoms with E-state index in [1.165, 1.54) is 57.2 Å². The molecule has 10 nitrogen and oxygen atoms in total. The van der Waals surface area contributed by atoms with E-state index < -0.39 is 5.91 Å². The van der Waals surface area contributed by atoms with Crippen LogP contribution in [-0.4, -0.2) is 79.0 Å². The standard InChI is InChI=1S/C35H46N8O2.ClH/c1-41(2)29-15-11-26(12-16-29)35(45)39-28-6-5-19-43(23-28)31-22-37-32(33(36)44)34(40-31)38-27-13-9-24(10-14-27)25-17-20-42(21-18-25)30-7-3-4-8-30;/h9-16,22,25,28,30H,3-8,17-21,23H2,1-2H3,(H2,36,44)(H,38,40)(H,39,45);1H/t28-;/m1./s1. The third kappa shape index (κ3) is 7.90. The van der Waals surface area contributed by atoms with Crippen LogP contribution in [0.2, 0.25) is 0 Å². The molecule has 11 heteroatoms. The van der Waals surface area contributed by atoms with Crippen molar-refractivity contribution in [2.24, 2.45) is 5.73 Å². The lowest BCUT2D eigenvalue weighted by atomic mass is 9.88. The molecule has 3 fully saturated rings. The maximum atomic E-state index is 13.0. The number of halogens is 1. The minimum Gasteiger partial charge on any atom is -0.378 e. The van der Waals surface area contributed by atoms with Crippen LogP contribution in [0, 0.1) is 0 Å². The fourth-order valence-corrected chi connectivity index (χ4v) is 7.13. The van der Waals surface area contributed by atoms with Gasteiger partial charge in [0.15, 0.2) is 11.5 Å². The van der Waals surface area contributed by atoms with Gasteiger partial charge in [0.2, 0.25) is 0 Å². The van der Waals surface area contributed by atoms with Crippen LogP contribution in [0.5, 0.6) is 0 Å². The van der Waals surface area contributed by atoms with Crippen LogP contribution in [0.3, 0.4) is 0 Å². The van der Waals surface area contributed by atoms with Gasteiger partial charge in [-0.3, -0.25) is 9.59 Å². The van der Waals surface area contributed by atoms with Crippen molar-refractivity contribution in [1.82, 2.24) is 20.2 Å². The lowest BCUT2D eigenvalue weighted by molar-refractivity contribution is 0.0932. The largest absolute Gasteiger partial charge is 0.378 e. The second kappa shape index (κ2) is 15.1. The highest BCUT2D eigenvalue weighted by molar-refractivity contribution is 5.96. The highest BCUT2D eigenvalue weighted by Crippen LogP contribution is 2.33. The Morgan fingerprint density at radius 1 is 0.891 bits per heavy atom. The molecule has 3 aliphatic rings. The van der Waals surface area contributed by atoms with Crippen LogP contribution in [-0.2, 0) is 0 Å². The van der Waals surface area contributed by atoms with Crippen molar-refractivity contribution in [3.8, 4) is 0 Å². The number of carbonyl (C=O) groups is 2. The molecular weight excluding hydrogens is 600 g/mol. The van der Waals surface area contributed by atoms with E-state index in [0.717, 1.165) is 36.8 Å². The first-order valence-electron chi connectivity index (χ1n) is 16.4. The van der Waals surface area contributed by atoms with E-state index in [0.29, 0.717) is 29.7 Å². The zero-order valence-electron chi connectivity index (χ0n) is 27.0. The number of likely N-dealkylation sites (tertiary alicyclic amines) is 1. The molecule has 3 aromatic rings. The smallest absolute Gasteiger partial charge is 0.271 e. The third-order valence-corrected chi connectivity index (χ3v) is 9.74. The van der Waals surface area contributed by atoms with Gasteiger partial charge in [-0.15, -0.1) is 12.4 Å². The summed E-state index contributed by atoms with van der Waals surface area (Å²) in [7, 11) is 3.95. The van der Waals surface area contributed by atoms with Crippen LogP contribution in [0.15, 0.2) is 54.7 Å². The quantitative estimate of drug-likeness (QED) is 0.286. The number of hydrogen-bond acceptors (Lipinski definition) is 8. The number of nitrogens with one attached hydrogen (secondary N) is 2. The number of primary amides is 1. The van der Waals surface area contributed by atoms with Gasteiger partial charge in [0.05, 0.1) is 6.20 Å². The maximum absolute atomic E-state index is 13.0. The van der Waals surface area contributed by atoms with Crippen LogP contribution in [0.25, 0.3) is 0 Å². The molecule has 0 spiro atoms. The molecule has 1 atom stereocenters. The Morgan fingerprint density at radius 2 is 1.59 bits per heavy atom. The van der Waals surface area contributed by atoms with Gasteiger partial charge >= 0.3 is 0 Å². The van der Waals surface area contributed by atoms with Crippen LogP contribution in [0.1, 0.15) is 83.7 Å². The van der Waals surface area contributed by atoms with Gasteiger partial charge in [0.1, 0.15) is 5.82 Å². The molecule has 1 aromatic heterocycles. The molecule has 2 amide bonds. The van der Waals surface area contributed by atoms with Crippen molar-refractivity contribution in [2.45, 2.75) is 69.4 Å². The van der Waals surface area contributed by atoms with Gasteiger partial charge < -0.3 is 31.1 Å². The molecule has 2 aliphatic heterocycles. The van der Waals surface area contributed by atoms with Gasteiger partial charge in [-0.05, 0) is 99.5 Å². The average Bonchev–Trinajstić information content (AvgIpc) is 3.61. The number of amides is 2. The number of hydrogen-bond donors (Lipinski definition) is 3. The summed E-state index contributed by atoms with van der Waals surface area (Å²) in [4.78, 5) is 41.2. The fraction of sp³-hybridized carbons (Fsp3) is 0.486. The number of anilines is 4. The summed E-state index contributed by atoms with van der Waals surface area (Å²) in [5, 5.41) is 6.48. The zero-order chi connectivity index (χ0) is 31.3. The fourth-order valence-electron chi connectivity index (χ4n) is 7.13. The van der Waals surface area contributed by atoms with Gasteiger partial charge in [-0.1, -0.05) is 25.0 Å². The number of rotatable bonds is 9. The Labute approximate surface area is 278 Å². The molecule has 246 valence electrons. The lowest BCUT2D eigenvalue weighted by Gasteiger charge is -2.36. The first kappa shape index (κ1) is 33.5. The molecule has 2 aromatic carbocycles. The van der Waals surface area contributed by atoms with Crippen molar-refractivity contribution in [3.05, 3.63) is 71.5 Å². The molecule has 0 unspecified atom stereocenters. The van der Waals surface area contributed by atoms with Gasteiger partial charge in [0, 0.05) is 56.2 Å². The Hall–Kier alpha value is -3.89. The summed E-state index contributed by atoms with van der Waals surface area (Å²) in [5.41, 5.74) is 9.66. The number of aromatic nitrogens is 2. The second-order valence-electron chi connectivity index (χ2n) is 13.0. The molecule has 2 saturated heterocycles. The zero-order valence-corrected chi connectivity index (χ0v) is 27.8. The molecule has 0 bridgehead atoms. The highest BCUT2D eigenvalue weighted by Gasteiger charge is 2.28. The minimum absolute atomic E-state index is 0. The summed E-state index contributed by atoms with van der Waals surface area (Å²) < 4.78 is 0. The van der Waals surface area contributed by atoms with Crippen LogP contribution in [0.4, 0.5) is 23.0 Å². The van der Waals surface area contributed by atoms with Crippen molar-refractivity contribution in [1.29, 1.82) is 0 Å². The second-order valence-corrected chi connectivity index (χ2v) is 13.0. The molecule has 0 radical (unpaired) electrons. The Balaban J connectivity index is 0.00000417. The van der Waals surface area contributed by atoms with E-state index in [4.69, 9.17) is 10.7 Å². The third-order valence-electron chi connectivity index (χ3n) is 9.74. The van der Waals surface area contributed by atoms with Crippen LogP contribution >= 0.6 is 12.4 Å².